The van der Waals surface area contributed by atoms with Crippen LogP contribution >= 0.6 is 11.6 Å². The monoisotopic (exact) mass is 392 g/mol. The summed E-state index contributed by atoms with van der Waals surface area (Å²) in [7, 11) is 0. The van der Waals surface area contributed by atoms with Crippen LogP contribution in [0.1, 0.15) is 63.9 Å². The fourth-order valence-corrected chi connectivity index (χ4v) is 5.00. The minimum Gasteiger partial charge on any atom is -0.389 e. The summed E-state index contributed by atoms with van der Waals surface area (Å²) in [5, 5.41) is 12.3. The van der Waals surface area contributed by atoms with Crippen molar-refractivity contribution >= 4 is 11.6 Å². The molecular formula is C23H37ClN2O. The molecule has 1 aliphatic carbocycles. The lowest BCUT2D eigenvalue weighted by Crippen LogP contribution is -2.51. The quantitative estimate of drug-likeness (QED) is 0.723. The maximum Gasteiger partial charge on any atom is 0.0728 e. The fourth-order valence-electron chi connectivity index (χ4n) is 4.80. The van der Waals surface area contributed by atoms with Crippen LogP contribution in [0.3, 0.4) is 0 Å². The second kappa shape index (κ2) is 9.73. The van der Waals surface area contributed by atoms with Crippen molar-refractivity contribution in [2.24, 2.45) is 5.92 Å². The first kappa shape index (κ1) is 21.1. The molecule has 0 amide bonds. The van der Waals surface area contributed by atoms with E-state index in [9.17, 15) is 5.11 Å². The zero-order valence-electron chi connectivity index (χ0n) is 17.2. The molecule has 1 N–H and O–H groups in total. The van der Waals surface area contributed by atoms with Gasteiger partial charge in [-0.25, -0.2) is 0 Å². The molecule has 0 aromatic heterocycles. The molecule has 3 rings (SSSR count). The van der Waals surface area contributed by atoms with Crippen molar-refractivity contribution in [2.75, 3.05) is 39.3 Å². The Morgan fingerprint density at radius 2 is 1.67 bits per heavy atom. The summed E-state index contributed by atoms with van der Waals surface area (Å²) in [5.74, 6) is 0.927. The van der Waals surface area contributed by atoms with Gasteiger partial charge in [-0.2, -0.15) is 0 Å². The molecular weight excluding hydrogens is 356 g/mol. The smallest absolute Gasteiger partial charge is 0.0728 e. The van der Waals surface area contributed by atoms with Crippen molar-refractivity contribution in [1.29, 1.82) is 0 Å². The number of piperazine rings is 1. The average Bonchev–Trinajstić information content (AvgIpc) is 2.67. The Labute approximate surface area is 170 Å². The van der Waals surface area contributed by atoms with E-state index in [0.717, 1.165) is 69.3 Å². The molecule has 0 radical (unpaired) electrons. The van der Waals surface area contributed by atoms with Gasteiger partial charge in [0.05, 0.1) is 5.60 Å². The molecule has 0 spiro atoms. The first-order valence-electron chi connectivity index (χ1n) is 10.9. The SMILES string of the molecule is CCC(C)CN1CCN(CC(c2cccc(Cl)c2)C2(O)CCCCC2)CC1. The Morgan fingerprint density at radius 3 is 2.26 bits per heavy atom. The lowest BCUT2D eigenvalue weighted by Gasteiger charge is -2.44. The maximum atomic E-state index is 11.5. The van der Waals surface area contributed by atoms with Crippen molar-refractivity contribution in [3.63, 3.8) is 0 Å². The van der Waals surface area contributed by atoms with Crippen LogP contribution in [0, 0.1) is 5.92 Å². The lowest BCUT2D eigenvalue weighted by atomic mass is 9.72. The topological polar surface area (TPSA) is 26.7 Å². The molecule has 1 saturated heterocycles. The van der Waals surface area contributed by atoms with E-state index in [4.69, 9.17) is 11.6 Å². The second-order valence-electron chi connectivity index (χ2n) is 8.89. The van der Waals surface area contributed by atoms with Crippen LogP contribution in [0.5, 0.6) is 0 Å². The van der Waals surface area contributed by atoms with Crippen molar-refractivity contribution in [3.8, 4) is 0 Å². The van der Waals surface area contributed by atoms with Crippen LogP contribution < -0.4 is 0 Å². The zero-order valence-corrected chi connectivity index (χ0v) is 17.9. The van der Waals surface area contributed by atoms with Gasteiger partial charge in [-0.05, 0) is 36.5 Å². The van der Waals surface area contributed by atoms with E-state index in [1.165, 1.54) is 24.9 Å². The van der Waals surface area contributed by atoms with Crippen molar-refractivity contribution in [3.05, 3.63) is 34.9 Å². The highest BCUT2D eigenvalue weighted by atomic mass is 35.5. The highest BCUT2D eigenvalue weighted by Gasteiger charge is 2.40. The van der Waals surface area contributed by atoms with Gasteiger partial charge in [0.15, 0.2) is 0 Å². The third-order valence-corrected chi connectivity index (χ3v) is 7.03. The number of hydrogen-bond donors (Lipinski definition) is 1. The van der Waals surface area contributed by atoms with Crippen LogP contribution in [0.4, 0.5) is 0 Å². The molecule has 27 heavy (non-hydrogen) atoms. The predicted octanol–water partition coefficient (Wildman–Crippen LogP) is 4.78. The third kappa shape index (κ3) is 5.69. The number of halogens is 1. The van der Waals surface area contributed by atoms with Crippen LogP contribution in [0.15, 0.2) is 24.3 Å². The Balaban J connectivity index is 1.67. The number of rotatable bonds is 7. The second-order valence-corrected chi connectivity index (χ2v) is 9.32. The normalized spacial score (nSPS) is 23.9. The van der Waals surface area contributed by atoms with Gasteiger partial charge in [0.25, 0.3) is 0 Å². The molecule has 2 unspecified atom stereocenters. The van der Waals surface area contributed by atoms with E-state index in [2.05, 4.69) is 35.8 Å². The molecule has 1 heterocycles. The Morgan fingerprint density at radius 1 is 1.04 bits per heavy atom. The number of aliphatic hydroxyl groups is 1. The Kier molecular flexibility index (Phi) is 7.61. The van der Waals surface area contributed by atoms with Crippen molar-refractivity contribution in [2.45, 2.75) is 63.9 Å². The van der Waals surface area contributed by atoms with E-state index in [1.54, 1.807) is 0 Å². The van der Waals surface area contributed by atoms with E-state index in [-0.39, 0.29) is 5.92 Å². The summed E-state index contributed by atoms with van der Waals surface area (Å²) < 4.78 is 0. The highest BCUT2D eigenvalue weighted by Crippen LogP contribution is 2.41. The molecule has 2 aliphatic rings. The van der Waals surface area contributed by atoms with Gasteiger partial charge in [0.2, 0.25) is 0 Å². The van der Waals surface area contributed by atoms with Gasteiger partial charge >= 0.3 is 0 Å². The van der Waals surface area contributed by atoms with E-state index >= 15 is 0 Å². The van der Waals surface area contributed by atoms with E-state index in [1.807, 2.05) is 12.1 Å². The fraction of sp³-hybridized carbons (Fsp3) is 0.739. The van der Waals surface area contributed by atoms with Gasteiger partial charge < -0.3 is 14.9 Å². The molecule has 3 nitrogen and oxygen atoms in total. The summed E-state index contributed by atoms with van der Waals surface area (Å²) >= 11 is 6.30. The molecule has 1 aromatic rings. The molecule has 0 bridgehead atoms. The van der Waals surface area contributed by atoms with Crippen LogP contribution in [-0.2, 0) is 0 Å². The zero-order chi connectivity index (χ0) is 19.3. The first-order valence-corrected chi connectivity index (χ1v) is 11.3. The van der Waals surface area contributed by atoms with Gasteiger partial charge in [-0.1, -0.05) is 63.3 Å². The highest BCUT2D eigenvalue weighted by molar-refractivity contribution is 6.30. The van der Waals surface area contributed by atoms with E-state index < -0.39 is 5.60 Å². The number of hydrogen-bond acceptors (Lipinski definition) is 3. The van der Waals surface area contributed by atoms with E-state index in [0.29, 0.717) is 0 Å². The summed E-state index contributed by atoms with van der Waals surface area (Å²) in [6.07, 6.45) is 6.60. The summed E-state index contributed by atoms with van der Waals surface area (Å²) in [6, 6.07) is 8.18. The number of benzene rings is 1. The van der Waals surface area contributed by atoms with Gasteiger partial charge in [-0.15, -0.1) is 0 Å². The summed E-state index contributed by atoms with van der Waals surface area (Å²) in [6.45, 7) is 11.3. The molecule has 4 heteroatoms. The van der Waals surface area contributed by atoms with Crippen molar-refractivity contribution < 1.29 is 5.11 Å². The predicted molar refractivity (Wildman–Crippen MR) is 115 cm³/mol. The third-order valence-electron chi connectivity index (χ3n) is 6.79. The average molecular weight is 393 g/mol. The first-order chi connectivity index (χ1) is 13.0. The summed E-state index contributed by atoms with van der Waals surface area (Å²) in [5.41, 5.74) is 0.616. The molecule has 2 atom stereocenters. The molecule has 1 aliphatic heterocycles. The molecule has 152 valence electrons. The van der Waals surface area contributed by atoms with Gasteiger partial charge in [-0.3, -0.25) is 0 Å². The number of nitrogens with zero attached hydrogens (tertiary/aromatic N) is 2. The largest absolute Gasteiger partial charge is 0.389 e. The standard InChI is InChI=1S/C23H37ClN2O/c1-3-19(2)17-25-12-14-26(15-13-25)18-22(20-8-7-9-21(24)16-20)23(27)10-5-4-6-11-23/h7-9,16,19,22,27H,3-6,10-15,17-18H2,1-2H3. The van der Waals surface area contributed by atoms with Crippen LogP contribution in [0.2, 0.25) is 5.02 Å². The summed E-state index contributed by atoms with van der Waals surface area (Å²) in [4.78, 5) is 5.17. The van der Waals surface area contributed by atoms with Crippen LogP contribution in [-0.4, -0.2) is 59.8 Å². The van der Waals surface area contributed by atoms with Gasteiger partial charge in [0, 0.05) is 50.2 Å². The minimum absolute atomic E-state index is 0.151. The van der Waals surface area contributed by atoms with Gasteiger partial charge in [0.1, 0.15) is 0 Å². The lowest BCUT2D eigenvalue weighted by molar-refractivity contribution is -0.0345. The maximum absolute atomic E-state index is 11.5. The molecule has 1 saturated carbocycles. The Hall–Kier alpha value is -0.610. The van der Waals surface area contributed by atoms with Crippen molar-refractivity contribution in [1.82, 2.24) is 9.80 Å². The van der Waals surface area contributed by atoms with Crippen LogP contribution in [0.25, 0.3) is 0 Å². The molecule has 1 aromatic carbocycles. The Bertz CT molecular complexity index is 579. The minimum atomic E-state index is -0.587. The molecule has 2 fully saturated rings.